The van der Waals surface area contributed by atoms with Crippen molar-refractivity contribution in [1.29, 1.82) is 0 Å². The van der Waals surface area contributed by atoms with E-state index in [0.717, 1.165) is 19.6 Å². The van der Waals surface area contributed by atoms with Gasteiger partial charge in [0.15, 0.2) is 0 Å². The molecule has 1 unspecified atom stereocenters. The maximum Gasteiger partial charge on any atom is 0.246 e. The van der Waals surface area contributed by atoms with Gasteiger partial charge in [-0.05, 0) is 6.54 Å². The molecule has 0 radical (unpaired) electrons. The number of likely N-dealkylation sites (N-methyl/N-ethyl adjacent to an activating group) is 2. The van der Waals surface area contributed by atoms with Crippen LogP contribution in [0.5, 0.6) is 0 Å². The summed E-state index contributed by atoms with van der Waals surface area (Å²) < 4.78 is 0. The first kappa shape index (κ1) is 10.6. The first-order chi connectivity index (χ1) is 7.15. The summed E-state index contributed by atoms with van der Waals surface area (Å²) in [6.45, 7) is 4.71. The van der Waals surface area contributed by atoms with Crippen molar-refractivity contribution in [3.05, 3.63) is 0 Å². The lowest BCUT2D eigenvalue weighted by Crippen LogP contribution is -2.61. The van der Waals surface area contributed by atoms with E-state index in [9.17, 15) is 9.59 Å². The molecular formula is C10H17N3O2. The predicted octanol–water partition coefficient (Wildman–Crippen LogP) is -0.963. The van der Waals surface area contributed by atoms with E-state index in [0.29, 0.717) is 12.5 Å². The predicted molar refractivity (Wildman–Crippen MR) is 55.2 cm³/mol. The molecule has 2 saturated heterocycles. The molecule has 84 valence electrons. The Morgan fingerprint density at radius 3 is 2.47 bits per heavy atom. The molecule has 5 nitrogen and oxygen atoms in total. The molecule has 2 fully saturated rings. The highest BCUT2D eigenvalue weighted by Crippen LogP contribution is 2.20. The summed E-state index contributed by atoms with van der Waals surface area (Å²) in [7, 11) is 1.57. The molecule has 1 N–H and O–H groups in total. The molecule has 0 aromatic carbocycles. The second-order valence-corrected chi connectivity index (χ2v) is 4.15. The number of carbonyl (C=O) groups is 2. The Hall–Kier alpha value is -0.940. The number of carbonyl (C=O) groups excluding carboxylic acids is 2. The van der Waals surface area contributed by atoms with Gasteiger partial charge in [0.25, 0.3) is 0 Å². The number of hydrogen-bond acceptors (Lipinski definition) is 4. The quantitative estimate of drug-likeness (QED) is 0.611. The van der Waals surface area contributed by atoms with Crippen LogP contribution in [0.1, 0.15) is 13.3 Å². The van der Waals surface area contributed by atoms with E-state index >= 15 is 0 Å². The standard InChI is InChI=1S/C10H17N3O2/c1-3-13(7-5-11-6-7)8-4-9(14)12(2)10(8)15/h7-8,11H,3-6H2,1-2H3. The number of imide groups is 1. The zero-order chi connectivity index (χ0) is 11.0. The molecule has 0 aromatic heterocycles. The minimum atomic E-state index is -0.223. The fourth-order valence-corrected chi connectivity index (χ4v) is 2.24. The monoisotopic (exact) mass is 211 g/mol. The van der Waals surface area contributed by atoms with Crippen LogP contribution < -0.4 is 5.32 Å². The highest BCUT2D eigenvalue weighted by atomic mass is 16.2. The van der Waals surface area contributed by atoms with Crippen LogP contribution in [0.25, 0.3) is 0 Å². The van der Waals surface area contributed by atoms with Gasteiger partial charge < -0.3 is 5.32 Å². The number of hydrogen-bond donors (Lipinski definition) is 1. The van der Waals surface area contributed by atoms with Gasteiger partial charge in [0.05, 0.1) is 12.5 Å². The van der Waals surface area contributed by atoms with Crippen molar-refractivity contribution in [1.82, 2.24) is 15.1 Å². The average Bonchev–Trinajstić information content (AvgIpc) is 2.39. The van der Waals surface area contributed by atoms with Gasteiger partial charge >= 0.3 is 0 Å². The van der Waals surface area contributed by atoms with Crippen LogP contribution in [0.3, 0.4) is 0 Å². The van der Waals surface area contributed by atoms with Crippen LogP contribution in [0.2, 0.25) is 0 Å². The molecule has 1 atom stereocenters. The maximum absolute atomic E-state index is 11.8. The molecule has 0 saturated carbocycles. The summed E-state index contributed by atoms with van der Waals surface area (Å²) in [6.07, 6.45) is 0.347. The van der Waals surface area contributed by atoms with Crippen LogP contribution >= 0.6 is 0 Å². The Kier molecular flexibility index (Phi) is 2.75. The van der Waals surface area contributed by atoms with Gasteiger partial charge in [-0.2, -0.15) is 0 Å². The van der Waals surface area contributed by atoms with Crippen LogP contribution in [-0.2, 0) is 9.59 Å². The number of rotatable bonds is 3. The van der Waals surface area contributed by atoms with Crippen molar-refractivity contribution in [2.45, 2.75) is 25.4 Å². The van der Waals surface area contributed by atoms with E-state index in [1.165, 1.54) is 4.90 Å². The first-order valence-corrected chi connectivity index (χ1v) is 5.42. The molecule has 0 bridgehead atoms. The van der Waals surface area contributed by atoms with E-state index in [1.807, 2.05) is 6.92 Å². The number of likely N-dealkylation sites (tertiary alicyclic amines) is 1. The molecule has 15 heavy (non-hydrogen) atoms. The molecule has 2 aliphatic heterocycles. The molecule has 0 spiro atoms. The molecule has 2 rings (SSSR count). The molecule has 0 aromatic rings. The fourth-order valence-electron chi connectivity index (χ4n) is 2.24. The Morgan fingerprint density at radius 1 is 1.47 bits per heavy atom. The third kappa shape index (κ3) is 1.66. The Labute approximate surface area is 89.4 Å². The molecule has 2 heterocycles. The Bertz CT molecular complexity index is 288. The van der Waals surface area contributed by atoms with Crippen molar-refractivity contribution < 1.29 is 9.59 Å². The lowest BCUT2D eigenvalue weighted by molar-refractivity contribution is -0.138. The van der Waals surface area contributed by atoms with Crippen LogP contribution in [-0.4, -0.2) is 60.4 Å². The summed E-state index contributed by atoms with van der Waals surface area (Å²) in [5.74, 6) is -0.107. The highest BCUT2D eigenvalue weighted by Gasteiger charge is 2.42. The minimum absolute atomic E-state index is 0.0475. The smallest absolute Gasteiger partial charge is 0.246 e. The number of amides is 2. The van der Waals surface area contributed by atoms with Crippen LogP contribution in [0.15, 0.2) is 0 Å². The average molecular weight is 211 g/mol. The SMILES string of the molecule is CCN(C1CNC1)C1CC(=O)N(C)C1=O. The summed E-state index contributed by atoms with van der Waals surface area (Å²) >= 11 is 0. The van der Waals surface area contributed by atoms with E-state index in [4.69, 9.17) is 0 Å². The molecule has 2 aliphatic rings. The van der Waals surface area contributed by atoms with Crippen molar-refractivity contribution >= 4 is 11.8 Å². The van der Waals surface area contributed by atoms with E-state index in [-0.39, 0.29) is 17.9 Å². The first-order valence-electron chi connectivity index (χ1n) is 5.42. The second kappa shape index (κ2) is 3.90. The maximum atomic E-state index is 11.8. The van der Waals surface area contributed by atoms with Gasteiger partial charge in [0.2, 0.25) is 11.8 Å². The van der Waals surface area contributed by atoms with Crippen molar-refractivity contribution in [2.75, 3.05) is 26.7 Å². The summed E-state index contributed by atoms with van der Waals surface area (Å²) in [5.41, 5.74) is 0. The Balaban J connectivity index is 2.08. The lowest BCUT2D eigenvalue weighted by Gasteiger charge is -2.40. The number of nitrogens with zero attached hydrogens (tertiary/aromatic N) is 2. The molecule has 5 heteroatoms. The summed E-state index contributed by atoms with van der Waals surface area (Å²) in [6, 6.07) is 0.197. The largest absolute Gasteiger partial charge is 0.314 e. The van der Waals surface area contributed by atoms with Crippen molar-refractivity contribution in [3.8, 4) is 0 Å². The zero-order valence-corrected chi connectivity index (χ0v) is 9.19. The van der Waals surface area contributed by atoms with Crippen molar-refractivity contribution in [2.24, 2.45) is 0 Å². The van der Waals surface area contributed by atoms with Crippen molar-refractivity contribution in [3.63, 3.8) is 0 Å². The topological polar surface area (TPSA) is 52.7 Å². The van der Waals surface area contributed by atoms with E-state index in [1.54, 1.807) is 7.05 Å². The van der Waals surface area contributed by atoms with Crippen LogP contribution in [0.4, 0.5) is 0 Å². The molecule has 2 amide bonds. The van der Waals surface area contributed by atoms with E-state index < -0.39 is 0 Å². The van der Waals surface area contributed by atoms with Gasteiger partial charge in [-0.15, -0.1) is 0 Å². The van der Waals surface area contributed by atoms with Gasteiger partial charge in [-0.3, -0.25) is 19.4 Å². The van der Waals surface area contributed by atoms with Gasteiger partial charge in [0.1, 0.15) is 0 Å². The normalized spacial score (nSPS) is 27.7. The summed E-state index contributed by atoms with van der Waals surface area (Å²) in [5, 5.41) is 3.19. The molecular weight excluding hydrogens is 194 g/mol. The molecule has 0 aliphatic carbocycles. The zero-order valence-electron chi connectivity index (χ0n) is 9.19. The van der Waals surface area contributed by atoms with Crippen LogP contribution in [0, 0.1) is 0 Å². The third-order valence-electron chi connectivity index (χ3n) is 3.35. The summed E-state index contributed by atoms with van der Waals surface area (Å²) in [4.78, 5) is 26.6. The fraction of sp³-hybridized carbons (Fsp3) is 0.800. The third-order valence-corrected chi connectivity index (χ3v) is 3.35. The number of nitrogens with one attached hydrogen (secondary N) is 1. The Morgan fingerprint density at radius 2 is 2.13 bits per heavy atom. The van der Waals surface area contributed by atoms with E-state index in [2.05, 4.69) is 10.2 Å². The van der Waals surface area contributed by atoms with Gasteiger partial charge in [-0.1, -0.05) is 6.92 Å². The van der Waals surface area contributed by atoms with Gasteiger partial charge in [-0.25, -0.2) is 0 Å². The second-order valence-electron chi connectivity index (χ2n) is 4.15. The minimum Gasteiger partial charge on any atom is -0.314 e. The lowest BCUT2D eigenvalue weighted by atomic mass is 10.1. The van der Waals surface area contributed by atoms with Gasteiger partial charge in [0, 0.05) is 26.2 Å². The highest BCUT2D eigenvalue weighted by molar-refractivity contribution is 6.05.